The number of hydrogen-bond acceptors (Lipinski definition) is 4. The molecular weight excluding hydrogens is 462 g/mol. The molecule has 0 saturated heterocycles. The molecule has 0 radical (unpaired) electrons. The summed E-state index contributed by atoms with van der Waals surface area (Å²) in [5.74, 6) is -0.0246. The van der Waals surface area contributed by atoms with E-state index in [4.69, 9.17) is 0 Å². The standard InChI is InChI=1S/C23H18BrN3O2S/c1-15-6-10-17(11-7-15)25-21(28)14-30-23-26-20-5-3-2-4-19(20)22(29)27(23)18-12-8-16(24)9-13-18/h2-13H,14H2,1H3,(H,25,28). The molecule has 0 fully saturated rings. The third-order valence-electron chi connectivity index (χ3n) is 4.50. The van der Waals surface area contributed by atoms with E-state index < -0.39 is 0 Å². The van der Waals surface area contributed by atoms with Crippen LogP contribution in [0.3, 0.4) is 0 Å². The predicted molar refractivity (Wildman–Crippen MR) is 126 cm³/mol. The molecule has 3 aromatic carbocycles. The summed E-state index contributed by atoms with van der Waals surface area (Å²) in [7, 11) is 0. The number of para-hydroxylation sites is 1. The lowest BCUT2D eigenvalue weighted by atomic mass is 10.2. The van der Waals surface area contributed by atoms with Gasteiger partial charge in [0.05, 0.1) is 22.3 Å². The normalized spacial score (nSPS) is 10.9. The van der Waals surface area contributed by atoms with Gasteiger partial charge in [0.15, 0.2) is 5.16 Å². The minimum atomic E-state index is -0.163. The molecule has 0 bridgehead atoms. The smallest absolute Gasteiger partial charge is 0.266 e. The third-order valence-corrected chi connectivity index (χ3v) is 5.96. The zero-order chi connectivity index (χ0) is 21.1. The number of halogens is 1. The van der Waals surface area contributed by atoms with Gasteiger partial charge in [-0.2, -0.15) is 0 Å². The number of carbonyl (C=O) groups is 1. The SMILES string of the molecule is Cc1ccc(NC(=O)CSc2nc3ccccc3c(=O)n2-c2ccc(Br)cc2)cc1. The van der Waals surface area contributed by atoms with Crippen LogP contribution in [-0.2, 0) is 4.79 Å². The topological polar surface area (TPSA) is 64.0 Å². The number of nitrogens with zero attached hydrogens (tertiary/aromatic N) is 2. The van der Waals surface area contributed by atoms with E-state index in [1.54, 1.807) is 16.7 Å². The molecule has 1 heterocycles. The minimum absolute atomic E-state index is 0.134. The van der Waals surface area contributed by atoms with Crippen LogP contribution < -0.4 is 10.9 Å². The molecule has 0 aliphatic heterocycles. The van der Waals surface area contributed by atoms with E-state index in [9.17, 15) is 9.59 Å². The van der Waals surface area contributed by atoms with Gasteiger partial charge in [0.1, 0.15) is 0 Å². The second-order valence-electron chi connectivity index (χ2n) is 6.73. The molecule has 1 amide bonds. The van der Waals surface area contributed by atoms with Crippen LogP contribution in [0.4, 0.5) is 5.69 Å². The summed E-state index contributed by atoms with van der Waals surface area (Å²) in [6.45, 7) is 1.99. The van der Waals surface area contributed by atoms with Crippen LogP contribution in [-0.4, -0.2) is 21.2 Å². The zero-order valence-electron chi connectivity index (χ0n) is 16.1. The van der Waals surface area contributed by atoms with E-state index in [2.05, 4.69) is 26.2 Å². The molecule has 0 saturated carbocycles. The zero-order valence-corrected chi connectivity index (χ0v) is 18.5. The molecule has 4 rings (SSSR count). The maximum Gasteiger partial charge on any atom is 0.266 e. The molecule has 150 valence electrons. The monoisotopic (exact) mass is 479 g/mol. The van der Waals surface area contributed by atoms with E-state index in [0.29, 0.717) is 21.7 Å². The summed E-state index contributed by atoms with van der Waals surface area (Å²) >= 11 is 4.65. The molecular formula is C23H18BrN3O2S. The van der Waals surface area contributed by atoms with Gasteiger partial charge in [-0.25, -0.2) is 4.98 Å². The molecule has 0 atom stereocenters. The second kappa shape index (κ2) is 8.85. The molecule has 5 nitrogen and oxygen atoms in total. The summed E-state index contributed by atoms with van der Waals surface area (Å²) in [6, 6.07) is 22.3. The molecule has 0 aliphatic rings. The van der Waals surface area contributed by atoms with Gasteiger partial charge in [-0.1, -0.05) is 57.5 Å². The van der Waals surface area contributed by atoms with Crippen LogP contribution in [0.1, 0.15) is 5.56 Å². The fourth-order valence-corrected chi connectivity index (χ4v) is 4.07. The fourth-order valence-electron chi connectivity index (χ4n) is 2.99. The quantitative estimate of drug-likeness (QED) is 0.316. The third kappa shape index (κ3) is 4.47. The molecule has 0 unspecified atom stereocenters. The predicted octanol–water partition coefficient (Wildman–Crippen LogP) is 5.19. The van der Waals surface area contributed by atoms with Crippen molar-refractivity contribution >= 4 is 50.2 Å². The van der Waals surface area contributed by atoms with Crippen LogP contribution >= 0.6 is 27.7 Å². The van der Waals surface area contributed by atoms with Crippen LogP contribution in [0, 0.1) is 6.92 Å². The summed E-state index contributed by atoms with van der Waals surface area (Å²) < 4.78 is 2.47. The number of anilines is 1. The van der Waals surface area contributed by atoms with Crippen LogP contribution in [0.25, 0.3) is 16.6 Å². The summed E-state index contributed by atoms with van der Waals surface area (Å²) in [6.07, 6.45) is 0. The Kier molecular flexibility index (Phi) is 6.01. The first-order valence-electron chi connectivity index (χ1n) is 9.28. The first kappa shape index (κ1) is 20.4. The van der Waals surface area contributed by atoms with Gasteiger partial charge in [0, 0.05) is 10.2 Å². The van der Waals surface area contributed by atoms with Crippen molar-refractivity contribution in [1.82, 2.24) is 9.55 Å². The summed E-state index contributed by atoms with van der Waals surface area (Å²) in [5, 5.41) is 3.89. The Morgan fingerprint density at radius 3 is 2.47 bits per heavy atom. The fraction of sp³-hybridized carbons (Fsp3) is 0.0870. The number of amides is 1. The van der Waals surface area contributed by atoms with Crippen LogP contribution in [0.2, 0.25) is 0 Å². The van der Waals surface area contributed by atoms with Crippen molar-refractivity contribution in [2.75, 3.05) is 11.1 Å². The van der Waals surface area contributed by atoms with Crippen molar-refractivity contribution in [1.29, 1.82) is 0 Å². The van der Waals surface area contributed by atoms with Gasteiger partial charge in [-0.05, 0) is 55.5 Å². The number of aryl methyl sites for hydroxylation is 1. The maximum atomic E-state index is 13.2. The van der Waals surface area contributed by atoms with Gasteiger partial charge in [-0.3, -0.25) is 14.2 Å². The van der Waals surface area contributed by atoms with Crippen LogP contribution in [0.15, 0.2) is 87.2 Å². The van der Waals surface area contributed by atoms with Gasteiger partial charge in [-0.15, -0.1) is 0 Å². The van der Waals surface area contributed by atoms with Gasteiger partial charge >= 0.3 is 0 Å². The largest absolute Gasteiger partial charge is 0.325 e. The van der Waals surface area contributed by atoms with Crippen molar-refractivity contribution in [3.05, 3.63) is 93.2 Å². The van der Waals surface area contributed by atoms with Gasteiger partial charge in [0.25, 0.3) is 5.56 Å². The van der Waals surface area contributed by atoms with E-state index in [-0.39, 0.29) is 17.2 Å². The Balaban J connectivity index is 1.66. The Bertz CT molecular complexity index is 1270. The number of carbonyl (C=O) groups excluding carboxylic acids is 1. The number of thioether (sulfide) groups is 1. The summed E-state index contributed by atoms with van der Waals surface area (Å²) in [5.41, 5.74) is 3.01. The number of fused-ring (bicyclic) bond motifs is 1. The highest BCUT2D eigenvalue weighted by Gasteiger charge is 2.15. The summed E-state index contributed by atoms with van der Waals surface area (Å²) in [4.78, 5) is 30.3. The average molecular weight is 480 g/mol. The molecule has 30 heavy (non-hydrogen) atoms. The molecule has 4 aromatic rings. The van der Waals surface area contributed by atoms with Gasteiger partial charge in [0.2, 0.25) is 5.91 Å². The Morgan fingerprint density at radius 2 is 1.73 bits per heavy atom. The highest BCUT2D eigenvalue weighted by atomic mass is 79.9. The van der Waals surface area contributed by atoms with E-state index in [1.165, 1.54) is 11.8 Å². The molecule has 7 heteroatoms. The number of hydrogen-bond donors (Lipinski definition) is 1. The van der Waals surface area contributed by atoms with E-state index in [1.807, 2.05) is 67.6 Å². The molecule has 0 spiro atoms. The first-order chi connectivity index (χ1) is 14.5. The molecule has 0 aliphatic carbocycles. The Morgan fingerprint density at radius 1 is 1.03 bits per heavy atom. The van der Waals surface area contributed by atoms with Crippen molar-refractivity contribution in [2.24, 2.45) is 0 Å². The first-order valence-corrected chi connectivity index (χ1v) is 11.1. The highest BCUT2D eigenvalue weighted by molar-refractivity contribution is 9.10. The van der Waals surface area contributed by atoms with E-state index >= 15 is 0 Å². The number of benzene rings is 3. The molecule has 1 aromatic heterocycles. The lowest BCUT2D eigenvalue weighted by Gasteiger charge is -2.13. The Labute approximate surface area is 186 Å². The lowest BCUT2D eigenvalue weighted by Crippen LogP contribution is -2.23. The highest BCUT2D eigenvalue weighted by Crippen LogP contribution is 2.23. The average Bonchev–Trinajstić information content (AvgIpc) is 2.75. The van der Waals surface area contributed by atoms with Crippen molar-refractivity contribution in [3.63, 3.8) is 0 Å². The van der Waals surface area contributed by atoms with E-state index in [0.717, 1.165) is 15.7 Å². The Hall–Kier alpha value is -2.90. The minimum Gasteiger partial charge on any atom is -0.325 e. The van der Waals surface area contributed by atoms with Crippen molar-refractivity contribution in [2.45, 2.75) is 12.1 Å². The number of rotatable bonds is 5. The van der Waals surface area contributed by atoms with Crippen molar-refractivity contribution in [3.8, 4) is 5.69 Å². The lowest BCUT2D eigenvalue weighted by molar-refractivity contribution is -0.113. The number of aromatic nitrogens is 2. The van der Waals surface area contributed by atoms with Gasteiger partial charge < -0.3 is 5.32 Å². The number of nitrogens with one attached hydrogen (secondary N) is 1. The maximum absolute atomic E-state index is 13.2. The van der Waals surface area contributed by atoms with Crippen molar-refractivity contribution < 1.29 is 4.79 Å². The molecule has 1 N–H and O–H groups in total. The van der Waals surface area contributed by atoms with Crippen LogP contribution in [0.5, 0.6) is 0 Å². The second-order valence-corrected chi connectivity index (χ2v) is 8.59.